The van der Waals surface area contributed by atoms with E-state index in [1.165, 1.54) is 11.8 Å². The van der Waals surface area contributed by atoms with E-state index in [2.05, 4.69) is 38.0 Å². The molecule has 5 nitrogen and oxygen atoms in total. The maximum absolute atomic E-state index is 12.6. The first-order chi connectivity index (χ1) is 11.6. The van der Waals surface area contributed by atoms with Gasteiger partial charge in [-0.15, -0.1) is 11.8 Å². The van der Waals surface area contributed by atoms with Crippen LogP contribution in [0.5, 0.6) is 0 Å². The SMILES string of the molecule is Cc1noc(CSc2ccccc2C(=O)Nc2ccc(I)cc2)n1. The predicted molar refractivity (Wildman–Crippen MR) is 102 cm³/mol. The fraction of sp³-hybridized carbons (Fsp3) is 0.118. The topological polar surface area (TPSA) is 68.0 Å². The summed E-state index contributed by atoms with van der Waals surface area (Å²) in [5.74, 6) is 1.54. The molecule has 0 spiro atoms. The van der Waals surface area contributed by atoms with Crippen LogP contribution in [0.15, 0.2) is 57.9 Å². The smallest absolute Gasteiger partial charge is 0.256 e. The number of aromatic nitrogens is 2. The molecule has 0 atom stereocenters. The average molecular weight is 451 g/mol. The van der Waals surface area contributed by atoms with Gasteiger partial charge in [-0.05, 0) is 65.9 Å². The third kappa shape index (κ3) is 4.35. The minimum atomic E-state index is -0.138. The van der Waals surface area contributed by atoms with Crippen molar-refractivity contribution >= 4 is 45.9 Å². The van der Waals surface area contributed by atoms with Crippen molar-refractivity contribution < 1.29 is 9.32 Å². The first-order valence-electron chi connectivity index (χ1n) is 7.20. The van der Waals surface area contributed by atoms with Crippen molar-refractivity contribution in [3.8, 4) is 0 Å². The zero-order valence-electron chi connectivity index (χ0n) is 12.8. The Labute approximate surface area is 157 Å². The van der Waals surface area contributed by atoms with E-state index in [0.717, 1.165) is 14.2 Å². The van der Waals surface area contributed by atoms with Gasteiger partial charge in [-0.2, -0.15) is 4.98 Å². The molecule has 0 fully saturated rings. The van der Waals surface area contributed by atoms with Crippen molar-refractivity contribution in [2.75, 3.05) is 5.32 Å². The molecular weight excluding hydrogens is 437 g/mol. The second-order valence-electron chi connectivity index (χ2n) is 4.98. The number of nitrogens with one attached hydrogen (secondary N) is 1. The van der Waals surface area contributed by atoms with Crippen LogP contribution in [0.3, 0.4) is 0 Å². The molecule has 1 N–H and O–H groups in total. The van der Waals surface area contributed by atoms with Gasteiger partial charge in [0.25, 0.3) is 5.91 Å². The number of hydrogen-bond donors (Lipinski definition) is 1. The number of carbonyl (C=O) groups is 1. The normalized spacial score (nSPS) is 10.6. The Hall–Kier alpha value is -1.87. The van der Waals surface area contributed by atoms with Crippen LogP contribution < -0.4 is 5.32 Å². The van der Waals surface area contributed by atoms with E-state index in [-0.39, 0.29) is 5.91 Å². The Morgan fingerprint density at radius 2 is 1.96 bits per heavy atom. The number of aryl methyl sites for hydroxylation is 1. The molecule has 0 saturated carbocycles. The van der Waals surface area contributed by atoms with Gasteiger partial charge in [0, 0.05) is 14.2 Å². The van der Waals surface area contributed by atoms with E-state index in [0.29, 0.717) is 23.0 Å². The van der Waals surface area contributed by atoms with Crippen LogP contribution in [0.1, 0.15) is 22.1 Å². The molecule has 24 heavy (non-hydrogen) atoms. The van der Waals surface area contributed by atoms with Gasteiger partial charge in [-0.3, -0.25) is 4.79 Å². The number of thioether (sulfide) groups is 1. The van der Waals surface area contributed by atoms with Crippen molar-refractivity contribution in [2.24, 2.45) is 0 Å². The zero-order chi connectivity index (χ0) is 16.9. The highest BCUT2D eigenvalue weighted by Crippen LogP contribution is 2.26. The first kappa shape index (κ1) is 17.0. The van der Waals surface area contributed by atoms with Crippen molar-refractivity contribution in [3.63, 3.8) is 0 Å². The molecule has 1 amide bonds. The van der Waals surface area contributed by atoms with Gasteiger partial charge in [0.2, 0.25) is 5.89 Å². The molecule has 3 aromatic rings. The monoisotopic (exact) mass is 451 g/mol. The second kappa shape index (κ2) is 7.80. The Bertz CT molecular complexity index is 849. The molecule has 0 aliphatic rings. The van der Waals surface area contributed by atoms with Gasteiger partial charge >= 0.3 is 0 Å². The maximum atomic E-state index is 12.6. The van der Waals surface area contributed by atoms with Crippen LogP contribution in [0, 0.1) is 10.5 Å². The summed E-state index contributed by atoms with van der Waals surface area (Å²) in [5.41, 5.74) is 1.39. The van der Waals surface area contributed by atoms with Crippen LogP contribution >= 0.6 is 34.4 Å². The summed E-state index contributed by atoms with van der Waals surface area (Å²) in [5, 5.41) is 6.69. The number of benzene rings is 2. The van der Waals surface area contributed by atoms with Crippen molar-refractivity contribution in [1.29, 1.82) is 0 Å². The Morgan fingerprint density at radius 1 is 1.21 bits per heavy atom. The number of hydrogen-bond acceptors (Lipinski definition) is 5. The fourth-order valence-electron chi connectivity index (χ4n) is 2.05. The lowest BCUT2D eigenvalue weighted by Gasteiger charge is -2.09. The van der Waals surface area contributed by atoms with Gasteiger partial charge < -0.3 is 9.84 Å². The minimum Gasteiger partial charge on any atom is -0.338 e. The average Bonchev–Trinajstić information content (AvgIpc) is 3.01. The molecule has 0 radical (unpaired) electrons. The van der Waals surface area contributed by atoms with Crippen LogP contribution in [-0.2, 0) is 5.75 Å². The number of nitrogens with zero attached hydrogens (tertiary/aromatic N) is 2. The van der Waals surface area contributed by atoms with Gasteiger partial charge in [-0.25, -0.2) is 0 Å². The predicted octanol–water partition coefficient (Wildman–Crippen LogP) is 4.53. The van der Waals surface area contributed by atoms with E-state index in [1.807, 2.05) is 48.5 Å². The second-order valence-corrected chi connectivity index (χ2v) is 7.24. The highest BCUT2D eigenvalue weighted by molar-refractivity contribution is 14.1. The maximum Gasteiger partial charge on any atom is 0.256 e. The van der Waals surface area contributed by atoms with Crippen LogP contribution in [-0.4, -0.2) is 16.0 Å². The summed E-state index contributed by atoms with van der Waals surface area (Å²) in [6.07, 6.45) is 0. The lowest BCUT2D eigenvalue weighted by Crippen LogP contribution is -2.12. The zero-order valence-corrected chi connectivity index (χ0v) is 15.8. The molecule has 3 rings (SSSR count). The molecule has 0 unspecified atom stereocenters. The molecule has 0 saturated heterocycles. The Kier molecular flexibility index (Phi) is 5.52. The molecule has 0 aliphatic heterocycles. The van der Waals surface area contributed by atoms with Crippen LogP contribution in [0.4, 0.5) is 5.69 Å². The summed E-state index contributed by atoms with van der Waals surface area (Å²) < 4.78 is 6.23. The molecule has 1 heterocycles. The highest BCUT2D eigenvalue weighted by Gasteiger charge is 2.13. The lowest BCUT2D eigenvalue weighted by molar-refractivity contribution is 0.102. The fourth-order valence-corrected chi connectivity index (χ4v) is 3.30. The van der Waals surface area contributed by atoms with Gasteiger partial charge in [0.15, 0.2) is 5.82 Å². The van der Waals surface area contributed by atoms with E-state index >= 15 is 0 Å². The van der Waals surface area contributed by atoms with Crippen molar-refractivity contribution in [3.05, 3.63) is 69.4 Å². The van der Waals surface area contributed by atoms with Gasteiger partial charge in [-0.1, -0.05) is 17.3 Å². The summed E-state index contributed by atoms with van der Waals surface area (Å²) in [6.45, 7) is 1.78. The molecule has 1 aromatic heterocycles. The Balaban J connectivity index is 1.72. The molecule has 7 heteroatoms. The van der Waals surface area contributed by atoms with Gasteiger partial charge in [0.05, 0.1) is 11.3 Å². The van der Waals surface area contributed by atoms with E-state index in [1.54, 1.807) is 6.92 Å². The number of rotatable bonds is 5. The van der Waals surface area contributed by atoms with E-state index in [4.69, 9.17) is 4.52 Å². The van der Waals surface area contributed by atoms with Crippen molar-refractivity contribution in [2.45, 2.75) is 17.6 Å². The number of carbonyl (C=O) groups excluding carboxylic acids is 1. The minimum absolute atomic E-state index is 0.138. The van der Waals surface area contributed by atoms with Crippen LogP contribution in [0.25, 0.3) is 0 Å². The summed E-state index contributed by atoms with van der Waals surface area (Å²) in [6, 6.07) is 15.2. The largest absolute Gasteiger partial charge is 0.338 e. The number of anilines is 1. The summed E-state index contributed by atoms with van der Waals surface area (Å²) in [4.78, 5) is 17.6. The molecule has 0 bridgehead atoms. The molecule has 122 valence electrons. The van der Waals surface area contributed by atoms with Gasteiger partial charge in [0.1, 0.15) is 0 Å². The quantitative estimate of drug-likeness (QED) is 0.456. The molecule has 0 aliphatic carbocycles. The first-order valence-corrected chi connectivity index (χ1v) is 9.26. The standard InChI is InChI=1S/C17H14IN3O2S/c1-11-19-16(23-21-11)10-24-15-5-3-2-4-14(15)17(22)20-13-8-6-12(18)7-9-13/h2-9H,10H2,1H3,(H,20,22). The van der Waals surface area contributed by atoms with Crippen molar-refractivity contribution in [1.82, 2.24) is 10.1 Å². The third-order valence-corrected chi connectivity index (χ3v) is 4.93. The molecular formula is C17H14IN3O2S. The Morgan fingerprint density at radius 3 is 2.67 bits per heavy atom. The highest BCUT2D eigenvalue weighted by atomic mass is 127. The lowest BCUT2D eigenvalue weighted by atomic mass is 10.2. The number of halogens is 1. The third-order valence-electron chi connectivity index (χ3n) is 3.15. The number of amides is 1. The van der Waals surface area contributed by atoms with E-state index < -0.39 is 0 Å². The van der Waals surface area contributed by atoms with E-state index in [9.17, 15) is 4.79 Å². The van der Waals surface area contributed by atoms with Crippen LogP contribution in [0.2, 0.25) is 0 Å². The summed E-state index contributed by atoms with van der Waals surface area (Å²) >= 11 is 3.73. The molecule has 2 aromatic carbocycles. The summed E-state index contributed by atoms with van der Waals surface area (Å²) in [7, 11) is 0.